The number of rotatable bonds is 21. The summed E-state index contributed by atoms with van der Waals surface area (Å²) in [4.78, 5) is 9.25. The summed E-state index contributed by atoms with van der Waals surface area (Å²) in [6, 6.07) is 14.0. The first-order chi connectivity index (χ1) is 20.8. The number of hydrogen-bond donors (Lipinski definition) is 0. The highest BCUT2D eigenvalue weighted by atomic mass is 16.7. The molecule has 3 aromatic rings. The SMILES string of the molecule is CCCCCCOCCCCC1Oc2ccc(-c3ncc(-c4ccc(OCCCCOCCCC)cc4)cn3)cc2O1. The molecule has 228 valence electrons. The zero-order chi connectivity index (χ0) is 29.2. The second-order valence-electron chi connectivity index (χ2n) is 10.8. The van der Waals surface area contributed by atoms with Crippen LogP contribution in [0.2, 0.25) is 0 Å². The van der Waals surface area contributed by atoms with Gasteiger partial charge in [0.15, 0.2) is 17.3 Å². The van der Waals surface area contributed by atoms with Crippen molar-refractivity contribution in [3.63, 3.8) is 0 Å². The Balaban J connectivity index is 1.17. The monoisotopic (exact) mass is 576 g/mol. The van der Waals surface area contributed by atoms with Gasteiger partial charge in [0.1, 0.15) is 5.75 Å². The predicted octanol–water partition coefficient (Wildman–Crippen LogP) is 8.65. The summed E-state index contributed by atoms with van der Waals surface area (Å²) < 4.78 is 29.3. The molecule has 1 unspecified atom stereocenters. The lowest BCUT2D eigenvalue weighted by Crippen LogP contribution is -2.17. The third-order valence-electron chi connectivity index (χ3n) is 7.27. The van der Waals surface area contributed by atoms with Crippen LogP contribution in [-0.2, 0) is 9.47 Å². The van der Waals surface area contributed by atoms with Crippen LogP contribution in [0.15, 0.2) is 54.9 Å². The van der Waals surface area contributed by atoms with Crippen LogP contribution in [-0.4, -0.2) is 49.3 Å². The third kappa shape index (κ3) is 10.6. The summed E-state index contributed by atoms with van der Waals surface area (Å²) in [6.45, 7) is 8.43. The van der Waals surface area contributed by atoms with Crippen molar-refractivity contribution in [3.05, 3.63) is 54.9 Å². The fourth-order valence-electron chi connectivity index (χ4n) is 4.72. The topological polar surface area (TPSA) is 71.9 Å². The Morgan fingerprint density at radius 2 is 1.21 bits per heavy atom. The molecule has 4 rings (SSSR count). The van der Waals surface area contributed by atoms with Gasteiger partial charge in [-0.25, -0.2) is 9.97 Å². The Morgan fingerprint density at radius 1 is 0.595 bits per heavy atom. The minimum atomic E-state index is -0.250. The predicted molar refractivity (Wildman–Crippen MR) is 167 cm³/mol. The van der Waals surface area contributed by atoms with Gasteiger partial charge in [0, 0.05) is 56.4 Å². The van der Waals surface area contributed by atoms with Crippen molar-refractivity contribution in [2.75, 3.05) is 33.0 Å². The summed E-state index contributed by atoms with van der Waals surface area (Å²) in [5, 5.41) is 0. The van der Waals surface area contributed by atoms with E-state index in [1.807, 2.05) is 54.9 Å². The number of nitrogens with zero attached hydrogens (tertiary/aromatic N) is 2. The van der Waals surface area contributed by atoms with Crippen molar-refractivity contribution in [1.82, 2.24) is 9.97 Å². The normalized spacial score (nSPS) is 13.9. The zero-order valence-corrected chi connectivity index (χ0v) is 25.5. The van der Waals surface area contributed by atoms with Gasteiger partial charge in [0.05, 0.1) is 6.61 Å². The van der Waals surface area contributed by atoms with E-state index in [-0.39, 0.29) is 6.29 Å². The minimum absolute atomic E-state index is 0.250. The Labute approximate surface area is 251 Å². The van der Waals surface area contributed by atoms with Gasteiger partial charge in [-0.2, -0.15) is 0 Å². The first kappa shape index (κ1) is 31.8. The van der Waals surface area contributed by atoms with Crippen molar-refractivity contribution >= 4 is 0 Å². The van der Waals surface area contributed by atoms with Crippen molar-refractivity contribution < 1.29 is 23.7 Å². The Morgan fingerprint density at radius 3 is 1.95 bits per heavy atom. The molecule has 0 radical (unpaired) electrons. The molecule has 0 fully saturated rings. The molecule has 1 atom stereocenters. The molecule has 1 aromatic heterocycles. The highest BCUT2D eigenvalue weighted by molar-refractivity contribution is 5.66. The minimum Gasteiger partial charge on any atom is -0.494 e. The molecule has 2 heterocycles. The molecule has 0 spiro atoms. The van der Waals surface area contributed by atoms with Crippen molar-refractivity contribution in [3.8, 4) is 39.8 Å². The molecule has 7 nitrogen and oxygen atoms in total. The Bertz CT molecular complexity index is 1150. The maximum Gasteiger partial charge on any atom is 0.241 e. The lowest BCUT2D eigenvalue weighted by Gasteiger charge is -2.10. The summed E-state index contributed by atoms with van der Waals surface area (Å²) in [6.07, 6.45) is 15.6. The van der Waals surface area contributed by atoms with Crippen LogP contribution < -0.4 is 14.2 Å². The molecule has 0 bridgehead atoms. The van der Waals surface area contributed by atoms with Crippen LogP contribution in [0, 0.1) is 0 Å². The average molecular weight is 577 g/mol. The highest BCUT2D eigenvalue weighted by Crippen LogP contribution is 2.38. The largest absolute Gasteiger partial charge is 0.494 e. The summed E-state index contributed by atoms with van der Waals surface area (Å²) >= 11 is 0. The van der Waals surface area contributed by atoms with E-state index in [0.29, 0.717) is 12.4 Å². The highest BCUT2D eigenvalue weighted by Gasteiger charge is 2.24. The maximum absolute atomic E-state index is 6.07. The average Bonchev–Trinajstić information content (AvgIpc) is 3.44. The van der Waals surface area contributed by atoms with Crippen LogP contribution in [0.25, 0.3) is 22.5 Å². The van der Waals surface area contributed by atoms with Gasteiger partial charge in [-0.1, -0.05) is 51.7 Å². The molecule has 0 saturated carbocycles. The third-order valence-corrected chi connectivity index (χ3v) is 7.27. The van der Waals surface area contributed by atoms with Crippen molar-refractivity contribution in [1.29, 1.82) is 0 Å². The van der Waals surface area contributed by atoms with Gasteiger partial charge in [0.2, 0.25) is 6.29 Å². The summed E-state index contributed by atoms with van der Waals surface area (Å²) in [5.41, 5.74) is 2.91. The number of benzene rings is 2. The van der Waals surface area contributed by atoms with Gasteiger partial charge in [-0.15, -0.1) is 0 Å². The molecule has 0 amide bonds. The van der Waals surface area contributed by atoms with E-state index in [4.69, 9.17) is 23.7 Å². The fraction of sp³-hybridized carbons (Fsp3) is 0.543. The molecule has 2 aromatic carbocycles. The van der Waals surface area contributed by atoms with Gasteiger partial charge < -0.3 is 23.7 Å². The van der Waals surface area contributed by atoms with Crippen LogP contribution in [0.3, 0.4) is 0 Å². The first-order valence-electron chi connectivity index (χ1n) is 15.9. The second-order valence-corrected chi connectivity index (χ2v) is 10.8. The molecule has 42 heavy (non-hydrogen) atoms. The zero-order valence-electron chi connectivity index (χ0n) is 25.5. The van der Waals surface area contributed by atoms with Gasteiger partial charge in [-0.05, 0) is 74.4 Å². The smallest absolute Gasteiger partial charge is 0.241 e. The number of ether oxygens (including phenoxy) is 5. The summed E-state index contributed by atoms with van der Waals surface area (Å²) in [7, 11) is 0. The molecule has 0 saturated heterocycles. The molecule has 7 heteroatoms. The fourth-order valence-corrected chi connectivity index (χ4v) is 4.72. The van der Waals surface area contributed by atoms with E-state index in [2.05, 4.69) is 23.8 Å². The first-order valence-corrected chi connectivity index (χ1v) is 15.9. The van der Waals surface area contributed by atoms with Gasteiger partial charge in [-0.3, -0.25) is 0 Å². The van der Waals surface area contributed by atoms with E-state index in [1.165, 1.54) is 25.7 Å². The lowest BCUT2D eigenvalue weighted by atomic mass is 10.1. The molecule has 0 N–H and O–H groups in total. The Hall–Kier alpha value is -3.16. The Kier molecular flexibility index (Phi) is 13.9. The van der Waals surface area contributed by atoms with Gasteiger partial charge >= 0.3 is 0 Å². The molecular weight excluding hydrogens is 528 g/mol. The molecule has 0 aliphatic carbocycles. The van der Waals surface area contributed by atoms with E-state index in [9.17, 15) is 0 Å². The maximum atomic E-state index is 6.07. The van der Waals surface area contributed by atoms with E-state index in [1.54, 1.807) is 0 Å². The quantitative estimate of drug-likeness (QED) is 0.118. The molecule has 1 aliphatic heterocycles. The van der Waals surface area contributed by atoms with Crippen LogP contribution in [0.5, 0.6) is 17.2 Å². The number of fused-ring (bicyclic) bond motifs is 1. The number of hydrogen-bond acceptors (Lipinski definition) is 7. The van der Waals surface area contributed by atoms with Crippen LogP contribution in [0.4, 0.5) is 0 Å². The molecular formula is C35H48N2O5. The number of aromatic nitrogens is 2. The van der Waals surface area contributed by atoms with Crippen molar-refractivity contribution in [2.45, 2.75) is 90.8 Å². The second kappa shape index (κ2) is 18.4. The van der Waals surface area contributed by atoms with Crippen molar-refractivity contribution in [2.24, 2.45) is 0 Å². The van der Waals surface area contributed by atoms with E-state index < -0.39 is 0 Å². The number of unbranched alkanes of at least 4 members (excludes halogenated alkanes) is 6. The van der Waals surface area contributed by atoms with E-state index in [0.717, 1.165) is 105 Å². The molecule has 1 aliphatic rings. The summed E-state index contributed by atoms with van der Waals surface area (Å²) in [5.74, 6) is 3.04. The van der Waals surface area contributed by atoms with E-state index >= 15 is 0 Å². The van der Waals surface area contributed by atoms with Crippen LogP contribution in [0.1, 0.15) is 84.5 Å². The van der Waals surface area contributed by atoms with Gasteiger partial charge in [0.25, 0.3) is 0 Å². The van der Waals surface area contributed by atoms with Crippen LogP contribution >= 0.6 is 0 Å². The standard InChI is InChI=1S/C35H48N2O5/c1-3-5-7-9-21-39-22-10-8-13-34-41-32-19-16-29(25-33(32)42-34)35-36-26-30(27-37-35)28-14-17-31(18-15-28)40-24-12-11-23-38-20-6-4-2/h14-19,25-27,34H,3-13,20-24H2,1-2H3. The lowest BCUT2D eigenvalue weighted by molar-refractivity contribution is 0.0366.